The van der Waals surface area contributed by atoms with Crippen molar-refractivity contribution >= 4 is 0 Å². The number of benzene rings is 1. The minimum absolute atomic E-state index is 0.215. The molecule has 3 unspecified atom stereocenters. The van der Waals surface area contributed by atoms with Crippen LogP contribution in [0.3, 0.4) is 0 Å². The maximum absolute atomic E-state index is 6.44. The fourth-order valence-corrected chi connectivity index (χ4v) is 3.54. The Kier molecular flexibility index (Phi) is 2.93. The lowest BCUT2D eigenvalue weighted by molar-refractivity contribution is 0.0958. The van der Waals surface area contributed by atoms with Gasteiger partial charge in [-0.1, -0.05) is 30.7 Å². The van der Waals surface area contributed by atoms with Crippen LogP contribution in [0, 0.1) is 0 Å². The molecule has 0 spiro atoms. The van der Waals surface area contributed by atoms with E-state index in [1.807, 2.05) is 0 Å². The summed E-state index contributed by atoms with van der Waals surface area (Å²) in [5.41, 5.74) is 9.27. The van der Waals surface area contributed by atoms with Crippen LogP contribution in [0.1, 0.15) is 43.4 Å². The molecule has 2 N–H and O–H groups in total. The summed E-state index contributed by atoms with van der Waals surface area (Å²) in [5.74, 6) is 0. The molecule has 0 radical (unpaired) electrons. The molecule has 0 bridgehead atoms. The molecule has 0 amide bonds. The van der Waals surface area contributed by atoms with E-state index in [-0.39, 0.29) is 6.04 Å². The van der Waals surface area contributed by atoms with Crippen LogP contribution in [0.25, 0.3) is 0 Å². The summed E-state index contributed by atoms with van der Waals surface area (Å²) in [7, 11) is 0. The van der Waals surface area contributed by atoms with Crippen molar-refractivity contribution in [3.8, 4) is 0 Å². The predicted molar refractivity (Wildman–Crippen MR) is 70.9 cm³/mol. The molecule has 92 valence electrons. The number of nitrogens with two attached hydrogens (primary N) is 1. The van der Waals surface area contributed by atoms with E-state index in [2.05, 4.69) is 36.1 Å². The molecule has 1 saturated heterocycles. The van der Waals surface area contributed by atoms with Gasteiger partial charge >= 0.3 is 0 Å². The van der Waals surface area contributed by atoms with Gasteiger partial charge in [-0.05, 0) is 43.9 Å². The lowest BCUT2D eigenvalue weighted by atomic mass is 9.98. The summed E-state index contributed by atoms with van der Waals surface area (Å²) in [5, 5.41) is 0. The summed E-state index contributed by atoms with van der Waals surface area (Å²) < 4.78 is 0. The third-order valence-electron chi connectivity index (χ3n) is 4.54. The van der Waals surface area contributed by atoms with Crippen LogP contribution in [0.4, 0.5) is 0 Å². The number of rotatable bonds is 1. The fourth-order valence-electron chi connectivity index (χ4n) is 3.54. The Balaban J connectivity index is 1.83. The van der Waals surface area contributed by atoms with Crippen LogP contribution in [0.5, 0.6) is 0 Å². The molecule has 0 saturated carbocycles. The van der Waals surface area contributed by atoms with Gasteiger partial charge in [-0.25, -0.2) is 0 Å². The van der Waals surface area contributed by atoms with E-state index >= 15 is 0 Å². The van der Waals surface area contributed by atoms with Crippen LogP contribution in [-0.2, 0) is 6.42 Å². The molecule has 2 aliphatic rings. The Labute approximate surface area is 104 Å². The van der Waals surface area contributed by atoms with Crippen LogP contribution in [0.15, 0.2) is 24.3 Å². The highest BCUT2D eigenvalue weighted by atomic mass is 15.2. The summed E-state index contributed by atoms with van der Waals surface area (Å²) in [6, 6.07) is 10.1. The maximum Gasteiger partial charge on any atom is 0.0459 e. The number of nitrogens with zero attached hydrogens (tertiary/aromatic N) is 1. The van der Waals surface area contributed by atoms with E-state index in [4.69, 9.17) is 5.73 Å². The first kappa shape index (κ1) is 11.2. The largest absolute Gasteiger partial charge is 0.323 e. The number of piperidine rings is 1. The second-order valence-electron chi connectivity index (χ2n) is 5.58. The first-order chi connectivity index (χ1) is 8.27. The van der Waals surface area contributed by atoms with Gasteiger partial charge in [-0.3, -0.25) is 4.90 Å². The van der Waals surface area contributed by atoms with Gasteiger partial charge in [0.15, 0.2) is 0 Å². The zero-order valence-electron chi connectivity index (χ0n) is 10.6. The molecule has 1 aliphatic carbocycles. The molecular formula is C15H22N2. The van der Waals surface area contributed by atoms with Gasteiger partial charge in [-0.2, -0.15) is 0 Å². The van der Waals surface area contributed by atoms with Crippen molar-refractivity contribution in [2.75, 3.05) is 6.54 Å². The van der Waals surface area contributed by atoms with Crippen molar-refractivity contribution in [1.29, 1.82) is 0 Å². The molecule has 3 rings (SSSR count). The molecule has 2 heteroatoms. The van der Waals surface area contributed by atoms with Gasteiger partial charge in [0.1, 0.15) is 0 Å². The van der Waals surface area contributed by atoms with E-state index < -0.39 is 0 Å². The molecule has 1 fully saturated rings. The second kappa shape index (κ2) is 4.43. The third-order valence-corrected chi connectivity index (χ3v) is 4.54. The molecule has 1 aromatic rings. The fraction of sp³-hybridized carbons (Fsp3) is 0.600. The smallest absolute Gasteiger partial charge is 0.0459 e. The van der Waals surface area contributed by atoms with Crippen molar-refractivity contribution in [1.82, 2.24) is 4.90 Å². The molecule has 1 aromatic carbocycles. The van der Waals surface area contributed by atoms with Crippen molar-refractivity contribution < 1.29 is 0 Å². The highest BCUT2D eigenvalue weighted by Gasteiger charge is 2.36. The lowest BCUT2D eigenvalue weighted by Crippen LogP contribution is -2.48. The normalized spacial score (nSPS) is 33.6. The van der Waals surface area contributed by atoms with Crippen LogP contribution >= 0.6 is 0 Å². The Morgan fingerprint density at radius 2 is 2.06 bits per heavy atom. The van der Waals surface area contributed by atoms with Gasteiger partial charge in [0.25, 0.3) is 0 Å². The summed E-state index contributed by atoms with van der Waals surface area (Å²) in [6.07, 6.45) is 5.19. The van der Waals surface area contributed by atoms with Crippen LogP contribution in [0.2, 0.25) is 0 Å². The number of fused-ring (bicyclic) bond motifs is 1. The average Bonchev–Trinajstić information content (AvgIpc) is 2.68. The van der Waals surface area contributed by atoms with E-state index in [1.165, 1.54) is 36.9 Å². The van der Waals surface area contributed by atoms with E-state index in [1.54, 1.807) is 0 Å². The Bertz CT molecular complexity index is 402. The van der Waals surface area contributed by atoms with E-state index in [0.717, 1.165) is 6.42 Å². The van der Waals surface area contributed by atoms with Crippen LogP contribution < -0.4 is 5.73 Å². The van der Waals surface area contributed by atoms with Crippen molar-refractivity contribution in [3.63, 3.8) is 0 Å². The molecule has 17 heavy (non-hydrogen) atoms. The van der Waals surface area contributed by atoms with Crippen molar-refractivity contribution in [3.05, 3.63) is 35.4 Å². The quantitative estimate of drug-likeness (QED) is 0.803. The van der Waals surface area contributed by atoms with E-state index in [9.17, 15) is 0 Å². The van der Waals surface area contributed by atoms with Gasteiger partial charge in [0.05, 0.1) is 0 Å². The predicted octanol–water partition coefficient (Wildman–Crippen LogP) is 2.49. The molecule has 1 heterocycles. The Morgan fingerprint density at radius 1 is 1.24 bits per heavy atom. The summed E-state index contributed by atoms with van der Waals surface area (Å²) >= 11 is 0. The standard InChI is InChI=1S/C15H22N2/c1-11-6-4-5-9-17(11)14-10-12-7-2-3-8-13(12)15(14)16/h2-3,7-8,11,14-15H,4-6,9-10,16H2,1H3. The van der Waals surface area contributed by atoms with Gasteiger partial charge in [0.2, 0.25) is 0 Å². The minimum Gasteiger partial charge on any atom is -0.323 e. The molecule has 1 aliphatic heterocycles. The molecule has 3 atom stereocenters. The monoisotopic (exact) mass is 230 g/mol. The Morgan fingerprint density at radius 3 is 2.82 bits per heavy atom. The first-order valence-corrected chi connectivity index (χ1v) is 6.86. The topological polar surface area (TPSA) is 29.3 Å². The number of hydrogen-bond acceptors (Lipinski definition) is 2. The SMILES string of the molecule is CC1CCCCN1C1Cc2ccccc2C1N. The highest BCUT2D eigenvalue weighted by molar-refractivity contribution is 5.37. The highest BCUT2D eigenvalue weighted by Crippen LogP contribution is 2.35. The van der Waals surface area contributed by atoms with Crippen molar-refractivity contribution in [2.45, 2.75) is 50.7 Å². The average molecular weight is 230 g/mol. The Hall–Kier alpha value is -0.860. The van der Waals surface area contributed by atoms with Crippen molar-refractivity contribution in [2.24, 2.45) is 5.73 Å². The van der Waals surface area contributed by atoms with Gasteiger partial charge in [0, 0.05) is 18.1 Å². The number of hydrogen-bond donors (Lipinski definition) is 1. The zero-order chi connectivity index (χ0) is 11.8. The van der Waals surface area contributed by atoms with Gasteiger partial charge in [-0.15, -0.1) is 0 Å². The lowest BCUT2D eigenvalue weighted by Gasteiger charge is -2.39. The minimum atomic E-state index is 0.215. The van der Waals surface area contributed by atoms with Crippen LogP contribution in [-0.4, -0.2) is 23.5 Å². The van der Waals surface area contributed by atoms with Gasteiger partial charge < -0.3 is 5.73 Å². The second-order valence-corrected chi connectivity index (χ2v) is 5.58. The summed E-state index contributed by atoms with van der Waals surface area (Å²) in [6.45, 7) is 3.59. The summed E-state index contributed by atoms with van der Waals surface area (Å²) in [4.78, 5) is 2.65. The van der Waals surface area contributed by atoms with E-state index in [0.29, 0.717) is 12.1 Å². The maximum atomic E-state index is 6.44. The third kappa shape index (κ3) is 1.90. The number of likely N-dealkylation sites (tertiary alicyclic amines) is 1. The first-order valence-electron chi connectivity index (χ1n) is 6.86. The molecular weight excluding hydrogens is 208 g/mol. The molecule has 2 nitrogen and oxygen atoms in total. The molecule has 0 aromatic heterocycles. The zero-order valence-corrected chi connectivity index (χ0v) is 10.6.